The summed E-state index contributed by atoms with van der Waals surface area (Å²) in [7, 11) is 1.87. The van der Waals surface area contributed by atoms with E-state index >= 15 is 0 Å². The molecule has 0 atom stereocenters. The normalized spacial score (nSPS) is 10.9. The molecule has 102 valence electrons. The van der Waals surface area contributed by atoms with Crippen molar-refractivity contribution in [3.8, 4) is 0 Å². The Balaban J connectivity index is 2.07. The molecule has 3 rings (SSSR count). The maximum atomic E-state index is 4.62. The highest BCUT2D eigenvalue weighted by atomic mass is 32.2. The molecule has 0 aliphatic rings. The zero-order valence-corrected chi connectivity index (χ0v) is 12.5. The number of hydrogen-bond acceptors (Lipinski definition) is 4. The van der Waals surface area contributed by atoms with E-state index in [-0.39, 0.29) is 0 Å². The van der Waals surface area contributed by atoms with Crippen LogP contribution in [0.1, 0.15) is 11.1 Å². The summed E-state index contributed by atoms with van der Waals surface area (Å²) in [6, 6.07) is 6.45. The summed E-state index contributed by atoms with van der Waals surface area (Å²) in [6.07, 6.45) is 5.67. The maximum absolute atomic E-state index is 4.62. The van der Waals surface area contributed by atoms with Gasteiger partial charge in [-0.1, -0.05) is 29.5 Å². The minimum absolute atomic E-state index is 0.836. The van der Waals surface area contributed by atoms with Crippen LogP contribution in [0.2, 0.25) is 0 Å². The molecule has 0 unspecified atom stereocenters. The van der Waals surface area contributed by atoms with E-state index in [2.05, 4.69) is 47.3 Å². The lowest BCUT2D eigenvalue weighted by Gasteiger charge is -2.09. The Morgan fingerprint density at radius 3 is 2.85 bits per heavy atom. The number of benzene rings is 1. The van der Waals surface area contributed by atoms with Crippen LogP contribution in [0.15, 0.2) is 46.7 Å². The number of nitrogens with zero attached hydrogens (tertiary/aromatic N) is 3. The van der Waals surface area contributed by atoms with Crippen molar-refractivity contribution in [2.75, 3.05) is 12.4 Å². The van der Waals surface area contributed by atoms with Crippen molar-refractivity contribution in [3.63, 3.8) is 0 Å². The average Bonchev–Trinajstić information content (AvgIpc) is 2.90. The van der Waals surface area contributed by atoms with E-state index in [1.54, 1.807) is 18.0 Å². The molecular formula is C15H16N4S. The van der Waals surface area contributed by atoms with Gasteiger partial charge in [0.2, 0.25) is 0 Å². The van der Waals surface area contributed by atoms with Crippen LogP contribution in [0.25, 0.3) is 5.65 Å². The van der Waals surface area contributed by atoms with Crippen molar-refractivity contribution in [1.82, 2.24) is 14.4 Å². The number of imidazole rings is 1. The first kappa shape index (κ1) is 13.0. The van der Waals surface area contributed by atoms with Crippen molar-refractivity contribution < 1.29 is 0 Å². The second kappa shape index (κ2) is 5.17. The third kappa shape index (κ3) is 2.36. The van der Waals surface area contributed by atoms with Crippen molar-refractivity contribution in [1.29, 1.82) is 0 Å². The molecule has 0 saturated carbocycles. The fourth-order valence-corrected chi connectivity index (χ4v) is 3.07. The van der Waals surface area contributed by atoms with Crippen LogP contribution in [0, 0.1) is 13.8 Å². The molecule has 0 saturated heterocycles. The van der Waals surface area contributed by atoms with Crippen molar-refractivity contribution >= 4 is 23.2 Å². The van der Waals surface area contributed by atoms with E-state index in [4.69, 9.17) is 0 Å². The second-order valence-corrected chi connectivity index (χ2v) is 5.74. The first-order valence-electron chi connectivity index (χ1n) is 6.44. The van der Waals surface area contributed by atoms with Gasteiger partial charge < -0.3 is 9.72 Å². The zero-order valence-electron chi connectivity index (χ0n) is 11.7. The van der Waals surface area contributed by atoms with E-state index in [0.717, 1.165) is 16.5 Å². The number of aryl methyl sites for hydroxylation is 2. The molecule has 1 N–H and O–H groups in total. The van der Waals surface area contributed by atoms with Crippen LogP contribution in [0.3, 0.4) is 0 Å². The SMILES string of the molecule is CNc1cn2ccnc2c(Sc2ccc(C)cc2C)n1. The number of aromatic nitrogens is 3. The largest absolute Gasteiger partial charge is 0.372 e. The molecule has 0 aliphatic heterocycles. The lowest BCUT2D eigenvalue weighted by Crippen LogP contribution is -1.98. The molecule has 0 spiro atoms. The molecule has 0 amide bonds. The van der Waals surface area contributed by atoms with Crippen LogP contribution in [0.5, 0.6) is 0 Å². The molecule has 0 radical (unpaired) electrons. The first-order chi connectivity index (χ1) is 9.67. The number of nitrogens with one attached hydrogen (secondary N) is 1. The number of fused-ring (bicyclic) bond motifs is 1. The van der Waals surface area contributed by atoms with Gasteiger partial charge in [-0.2, -0.15) is 0 Å². The average molecular weight is 284 g/mol. The third-order valence-corrected chi connectivity index (χ3v) is 4.28. The summed E-state index contributed by atoms with van der Waals surface area (Å²) in [6.45, 7) is 4.23. The Hall–Kier alpha value is -2.01. The molecule has 1 aromatic carbocycles. The Morgan fingerprint density at radius 1 is 1.25 bits per heavy atom. The Bertz CT molecular complexity index is 764. The minimum atomic E-state index is 0.836. The number of hydrogen-bond donors (Lipinski definition) is 1. The molecule has 2 heterocycles. The van der Waals surface area contributed by atoms with Crippen LogP contribution in [-0.2, 0) is 0 Å². The van der Waals surface area contributed by atoms with Crippen LogP contribution < -0.4 is 5.32 Å². The highest BCUT2D eigenvalue weighted by Gasteiger charge is 2.10. The monoisotopic (exact) mass is 284 g/mol. The van der Waals surface area contributed by atoms with Gasteiger partial charge in [-0.25, -0.2) is 9.97 Å². The minimum Gasteiger partial charge on any atom is -0.372 e. The zero-order chi connectivity index (χ0) is 14.1. The Labute approximate surface area is 122 Å². The first-order valence-corrected chi connectivity index (χ1v) is 7.25. The predicted molar refractivity (Wildman–Crippen MR) is 82.6 cm³/mol. The van der Waals surface area contributed by atoms with Crippen molar-refractivity contribution in [2.45, 2.75) is 23.8 Å². The summed E-state index contributed by atoms with van der Waals surface area (Å²) < 4.78 is 1.99. The number of anilines is 1. The smallest absolute Gasteiger partial charge is 0.170 e. The van der Waals surface area contributed by atoms with E-state index in [9.17, 15) is 0 Å². The standard InChI is InChI=1S/C15H16N4S/c1-10-4-5-12(11(2)8-10)20-15-14-17-6-7-19(14)9-13(16-3)18-15/h4-9,16H,1-3H3. The molecule has 0 fully saturated rings. The summed E-state index contributed by atoms with van der Waals surface area (Å²) in [5, 5.41) is 4.00. The van der Waals surface area contributed by atoms with Gasteiger partial charge in [0.05, 0.1) is 6.20 Å². The third-order valence-electron chi connectivity index (χ3n) is 3.14. The van der Waals surface area contributed by atoms with Gasteiger partial charge in [-0.15, -0.1) is 0 Å². The van der Waals surface area contributed by atoms with E-state index < -0.39 is 0 Å². The summed E-state index contributed by atoms with van der Waals surface area (Å²) in [5.74, 6) is 0.836. The molecule has 0 aliphatic carbocycles. The quantitative estimate of drug-likeness (QED) is 0.799. The van der Waals surface area contributed by atoms with Gasteiger partial charge in [0, 0.05) is 24.3 Å². The van der Waals surface area contributed by atoms with E-state index in [0.29, 0.717) is 0 Å². The van der Waals surface area contributed by atoms with Crippen molar-refractivity contribution in [2.24, 2.45) is 0 Å². The maximum Gasteiger partial charge on any atom is 0.170 e. The van der Waals surface area contributed by atoms with Gasteiger partial charge in [0.15, 0.2) is 5.65 Å². The highest BCUT2D eigenvalue weighted by Crippen LogP contribution is 2.32. The fraction of sp³-hybridized carbons (Fsp3) is 0.200. The fourth-order valence-electron chi connectivity index (χ4n) is 2.11. The van der Waals surface area contributed by atoms with Crippen LogP contribution in [-0.4, -0.2) is 21.4 Å². The van der Waals surface area contributed by atoms with Gasteiger partial charge >= 0.3 is 0 Å². The second-order valence-electron chi connectivity index (χ2n) is 4.71. The molecule has 20 heavy (non-hydrogen) atoms. The van der Waals surface area contributed by atoms with Crippen molar-refractivity contribution in [3.05, 3.63) is 47.9 Å². The Kier molecular flexibility index (Phi) is 3.36. The van der Waals surface area contributed by atoms with Gasteiger partial charge in [-0.05, 0) is 25.5 Å². The molecule has 2 aromatic heterocycles. The summed E-state index contributed by atoms with van der Waals surface area (Å²) in [4.78, 5) is 10.2. The number of rotatable bonds is 3. The van der Waals surface area contributed by atoms with E-state index in [1.807, 2.05) is 23.8 Å². The van der Waals surface area contributed by atoms with Crippen LogP contribution in [0.4, 0.5) is 5.82 Å². The summed E-state index contributed by atoms with van der Waals surface area (Å²) >= 11 is 1.65. The summed E-state index contributed by atoms with van der Waals surface area (Å²) in [5.41, 5.74) is 3.42. The Morgan fingerprint density at radius 2 is 2.10 bits per heavy atom. The topological polar surface area (TPSA) is 42.2 Å². The van der Waals surface area contributed by atoms with Gasteiger partial charge in [0.25, 0.3) is 0 Å². The lowest BCUT2D eigenvalue weighted by atomic mass is 10.2. The van der Waals surface area contributed by atoms with Crippen LogP contribution >= 0.6 is 11.8 Å². The molecule has 5 heteroatoms. The highest BCUT2D eigenvalue weighted by molar-refractivity contribution is 7.99. The molecular weight excluding hydrogens is 268 g/mol. The van der Waals surface area contributed by atoms with E-state index in [1.165, 1.54) is 16.0 Å². The lowest BCUT2D eigenvalue weighted by molar-refractivity contribution is 1.03. The van der Waals surface area contributed by atoms with Gasteiger partial charge in [-0.3, -0.25) is 0 Å². The van der Waals surface area contributed by atoms with Gasteiger partial charge in [0.1, 0.15) is 10.8 Å². The molecule has 0 bridgehead atoms. The predicted octanol–water partition coefficient (Wildman–Crippen LogP) is 3.54. The molecule has 3 aromatic rings. The molecule has 4 nitrogen and oxygen atoms in total.